The summed E-state index contributed by atoms with van der Waals surface area (Å²) in [5, 5.41) is 4.26. The Labute approximate surface area is 158 Å². The van der Waals surface area contributed by atoms with E-state index in [1.165, 1.54) is 16.8 Å². The average molecular weight is 371 g/mol. The minimum atomic E-state index is -0.189. The third kappa shape index (κ3) is 3.82. The molecule has 0 aliphatic carbocycles. The molecule has 1 aliphatic heterocycles. The number of carbonyl (C=O) groups is 1. The van der Waals surface area contributed by atoms with E-state index in [1.807, 2.05) is 30.0 Å². The van der Waals surface area contributed by atoms with Gasteiger partial charge < -0.3 is 14.4 Å². The lowest BCUT2D eigenvalue weighted by atomic mass is 10.0. The van der Waals surface area contributed by atoms with Crippen LogP contribution in [0.3, 0.4) is 0 Å². The molecule has 1 unspecified atom stereocenters. The Hall–Kier alpha value is -2.83. The van der Waals surface area contributed by atoms with Gasteiger partial charge in [0, 0.05) is 19.2 Å². The lowest BCUT2D eigenvalue weighted by molar-refractivity contribution is 0.0726. The fraction of sp³-hybridized carbons (Fsp3) is 0.450. The zero-order valence-corrected chi connectivity index (χ0v) is 16.0. The molecule has 1 saturated heterocycles. The molecule has 2 heterocycles. The van der Waals surface area contributed by atoms with Crippen molar-refractivity contribution < 1.29 is 14.3 Å². The van der Waals surface area contributed by atoms with Crippen LogP contribution in [0.5, 0.6) is 11.5 Å². The number of carbonyl (C=O) groups excluding carboxylic acids is 1. The molecule has 2 aromatic rings. The van der Waals surface area contributed by atoms with E-state index in [0.29, 0.717) is 30.3 Å². The number of nitrogens with zero attached hydrogens (tertiary/aromatic N) is 3. The second-order valence-corrected chi connectivity index (χ2v) is 6.55. The first-order valence-electron chi connectivity index (χ1n) is 9.20. The predicted octanol–water partition coefficient (Wildman–Crippen LogP) is 2.65. The van der Waals surface area contributed by atoms with E-state index in [2.05, 4.69) is 5.10 Å². The van der Waals surface area contributed by atoms with Gasteiger partial charge in [-0.05, 0) is 43.0 Å². The lowest BCUT2D eigenvalue weighted by Crippen LogP contribution is -2.33. The summed E-state index contributed by atoms with van der Waals surface area (Å²) in [4.78, 5) is 26.8. The van der Waals surface area contributed by atoms with Crippen LogP contribution in [-0.4, -0.2) is 41.4 Å². The highest BCUT2D eigenvalue weighted by atomic mass is 16.5. The zero-order valence-electron chi connectivity index (χ0n) is 16.0. The molecule has 1 fully saturated rings. The molecule has 1 aliphatic rings. The standard InChI is InChI=1S/C20H25N3O4/c1-4-11-23-19(24)10-8-15(21-23)20(25)22-12-5-6-16(22)14-7-9-17(26-2)18(13-14)27-3/h7-10,13,16H,4-6,11-12H2,1-3H3. The third-order valence-corrected chi connectivity index (χ3v) is 4.83. The molecular weight excluding hydrogens is 346 g/mol. The number of amides is 1. The van der Waals surface area contributed by atoms with Gasteiger partial charge in [-0.25, -0.2) is 4.68 Å². The topological polar surface area (TPSA) is 73.7 Å². The lowest BCUT2D eigenvalue weighted by Gasteiger charge is -2.25. The Balaban J connectivity index is 1.89. The van der Waals surface area contributed by atoms with Gasteiger partial charge in [-0.2, -0.15) is 5.10 Å². The summed E-state index contributed by atoms with van der Waals surface area (Å²) in [5.41, 5.74) is 1.11. The number of likely N-dealkylation sites (tertiary alicyclic amines) is 1. The first kappa shape index (κ1) is 18.9. The van der Waals surface area contributed by atoms with E-state index < -0.39 is 0 Å². The highest BCUT2D eigenvalue weighted by molar-refractivity contribution is 5.92. The summed E-state index contributed by atoms with van der Waals surface area (Å²) in [6.07, 6.45) is 2.57. The highest BCUT2D eigenvalue weighted by Crippen LogP contribution is 2.37. The Bertz CT molecular complexity index is 878. The first-order chi connectivity index (χ1) is 13.1. The van der Waals surface area contributed by atoms with Crippen LogP contribution in [0.2, 0.25) is 0 Å². The van der Waals surface area contributed by atoms with Crippen LogP contribution >= 0.6 is 0 Å². The number of aromatic nitrogens is 2. The SMILES string of the molecule is CCCn1nc(C(=O)N2CCCC2c2ccc(OC)c(OC)c2)ccc1=O. The van der Waals surface area contributed by atoms with E-state index in [0.717, 1.165) is 24.8 Å². The Morgan fingerprint density at radius 2 is 1.96 bits per heavy atom. The molecule has 1 amide bonds. The van der Waals surface area contributed by atoms with Gasteiger partial charge in [0.2, 0.25) is 0 Å². The van der Waals surface area contributed by atoms with Crippen LogP contribution in [-0.2, 0) is 6.54 Å². The third-order valence-electron chi connectivity index (χ3n) is 4.83. The molecular formula is C20H25N3O4. The number of hydrogen-bond donors (Lipinski definition) is 0. The van der Waals surface area contributed by atoms with Crippen LogP contribution in [0, 0.1) is 0 Å². The van der Waals surface area contributed by atoms with Crippen LogP contribution < -0.4 is 15.0 Å². The average Bonchev–Trinajstić information content (AvgIpc) is 3.18. The maximum Gasteiger partial charge on any atom is 0.274 e. The van der Waals surface area contributed by atoms with E-state index in [9.17, 15) is 9.59 Å². The molecule has 0 saturated carbocycles. The summed E-state index contributed by atoms with van der Waals surface area (Å²) in [7, 11) is 3.19. The van der Waals surface area contributed by atoms with Crippen molar-refractivity contribution in [3.05, 3.63) is 51.9 Å². The Kier molecular flexibility index (Phi) is 5.78. The van der Waals surface area contributed by atoms with Crippen molar-refractivity contribution in [1.29, 1.82) is 0 Å². The predicted molar refractivity (Wildman–Crippen MR) is 101 cm³/mol. The Morgan fingerprint density at radius 3 is 2.67 bits per heavy atom. The van der Waals surface area contributed by atoms with Gasteiger partial charge in [0.1, 0.15) is 5.69 Å². The van der Waals surface area contributed by atoms with Gasteiger partial charge in [0.05, 0.1) is 20.3 Å². The number of ether oxygens (including phenoxy) is 2. The van der Waals surface area contributed by atoms with Crippen molar-refractivity contribution in [1.82, 2.24) is 14.7 Å². The van der Waals surface area contributed by atoms with Crippen molar-refractivity contribution in [3.8, 4) is 11.5 Å². The molecule has 7 nitrogen and oxygen atoms in total. The fourth-order valence-electron chi connectivity index (χ4n) is 3.50. The highest BCUT2D eigenvalue weighted by Gasteiger charge is 2.32. The van der Waals surface area contributed by atoms with Crippen molar-refractivity contribution in [2.24, 2.45) is 0 Å². The summed E-state index contributed by atoms with van der Waals surface area (Å²) < 4.78 is 12.0. The van der Waals surface area contributed by atoms with E-state index in [4.69, 9.17) is 9.47 Å². The summed E-state index contributed by atoms with van der Waals surface area (Å²) in [5.74, 6) is 1.14. The molecule has 1 aromatic carbocycles. The minimum Gasteiger partial charge on any atom is -0.493 e. The van der Waals surface area contributed by atoms with Gasteiger partial charge in [-0.3, -0.25) is 9.59 Å². The molecule has 0 N–H and O–H groups in total. The number of aryl methyl sites for hydroxylation is 1. The van der Waals surface area contributed by atoms with Gasteiger partial charge in [0.15, 0.2) is 11.5 Å². The Morgan fingerprint density at radius 1 is 1.19 bits per heavy atom. The van der Waals surface area contributed by atoms with Gasteiger partial charge in [-0.1, -0.05) is 13.0 Å². The van der Waals surface area contributed by atoms with Crippen molar-refractivity contribution in [2.45, 2.75) is 38.8 Å². The van der Waals surface area contributed by atoms with Gasteiger partial charge in [0.25, 0.3) is 11.5 Å². The maximum atomic E-state index is 13.1. The molecule has 1 atom stereocenters. The van der Waals surface area contributed by atoms with Crippen molar-refractivity contribution >= 4 is 5.91 Å². The van der Waals surface area contributed by atoms with Crippen molar-refractivity contribution in [2.75, 3.05) is 20.8 Å². The van der Waals surface area contributed by atoms with Crippen LogP contribution in [0.15, 0.2) is 35.1 Å². The van der Waals surface area contributed by atoms with Gasteiger partial charge >= 0.3 is 0 Å². The first-order valence-corrected chi connectivity index (χ1v) is 9.20. The molecule has 0 radical (unpaired) electrons. The van der Waals surface area contributed by atoms with Gasteiger partial charge in [-0.15, -0.1) is 0 Å². The molecule has 0 spiro atoms. The second-order valence-electron chi connectivity index (χ2n) is 6.55. The monoisotopic (exact) mass is 371 g/mol. The molecule has 0 bridgehead atoms. The maximum absolute atomic E-state index is 13.1. The number of rotatable bonds is 6. The van der Waals surface area contributed by atoms with Crippen LogP contribution in [0.1, 0.15) is 48.3 Å². The van der Waals surface area contributed by atoms with Crippen LogP contribution in [0.4, 0.5) is 0 Å². The number of benzene rings is 1. The summed E-state index contributed by atoms with van der Waals surface area (Å²) in [6, 6.07) is 8.61. The van der Waals surface area contributed by atoms with Crippen molar-refractivity contribution in [3.63, 3.8) is 0 Å². The molecule has 7 heteroatoms. The minimum absolute atomic E-state index is 0.0503. The molecule has 3 rings (SSSR count). The smallest absolute Gasteiger partial charge is 0.274 e. The summed E-state index contributed by atoms with van der Waals surface area (Å²) in [6.45, 7) is 3.13. The number of hydrogen-bond acceptors (Lipinski definition) is 5. The molecule has 27 heavy (non-hydrogen) atoms. The van der Waals surface area contributed by atoms with E-state index >= 15 is 0 Å². The molecule has 1 aromatic heterocycles. The number of methoxy groups -OCH3 is 2. The van der Waals surface area contributed by atoms with E-state index in [1.54, 1.807) is 14.2 Å². The summed E-state index contributed by atoms with van der Waals surface area (Å²) >= 11 is 0. The second kappa shape index (κ2) is 8.24. The van der Waals surface area contributed by atoms with Crippen LogP contribution in [0.25, 0.3) is 0 Å². The molecule has 144 valence electrons. The zero-order chi connectivity index (χ0) is 19.4. The quantitative estimate of drug-likeness (QED) is 0.780. The van der Waals surface area contributed by atoms with E-state index in [-0.39, 0.29) is 17.5 Å². The fourth-order valence-corrected chi connectivity index (χ4v) is 3.50. The largest absolute Gasteiger partial charge is 0.493 e. The normalized spacial score (nSPS) is 16.4.